The number of benzene rings is 1. The molecule has 0 spiro atoms. The minimum atomic E-state index is -0.122. The zero-order chi connectivity index (χ0) is 15.1. The van der Waals surface area contributed by atoms with Gasteiger partial charge >= 0.3 is 0 Å². The minimum absolute atomic E-state index is 0.122. The third kappa shape index (κ3) is 5.36. The molecule has 0 unspecified atom stereocenters. The third-order valence-corrected chi connectivity index (χ3v) is 3.18. The molecule has 0 bridgehead atoms. The summed E-state index contributed by atoms with van der Waals surface area (Å²) in [5.74, 6) is -0.122. The molecule has 6 heteroatoms. The number of carbonyl (C=O) groups excluding carboxylic acids is 1. The number of hydrogen-bond donors (Lipinski definition) is 2. The number of rotatable bonds is 7. The number of amides is 1. The van der Waals surface area contributed by atoms with Gasteiger partial charge in [-0.3, -0.25) is 9.69 Å². The number of hydrogen-bond acceptors (Lipinski definition) is 4. The first-order valence-corrected chi connectivity index (χ1v) is 6.89. The maximum atomic E-state index is 12.1. The van der Waals surface area contributed by atoms with E-state index in [4.69, 9.17) is 22.1 Å². The van der Waals surface area contributed by atoms with E-state index in [0.29, 0.717) is 29.5 Å². The Balaban J connectivity index is 2.63. The average molecular weight is 300 g/mol. The van der Waals surface area contributed by atoms with Crippen molar-refractivity contribution >= 4 is 28.9 Å². The van der Waals surface area contributed by atoms with Crippen LogP contribution in [0.4, 0.5) is 11.4 Å². The molecule has 0 aliphatic heterocycles. The van der Waals surface area contributed by atoms with Gasteiger partial charge in [0.25, 0.3) is 0 Å². The molecule has 0 saturated carbocycles. The number of halogens is 1. The molecule has 0 aliphatic carbocycles. The minimum Gasteiger partial charge on any atom is -0.397 e. The quantitative estimate of drug-likeness (QED) is 0.758. The van der Waals surface area contributed by atoms with Crippen LogP contribution in [-0.2, 0) is 9.53 Å². The molecular weight excluding hydrogens is 278 g/mol. The number of ether oxygens (including phenoxy) is 1. The predicted molar refractivity (Wildman–Crippen MR) is 83.1 cm³/mol. The SMILES string of the molecule is COCCN(CC(=O)Nc1cc(Cl)ccc1N)C(C)C. The molecule has 1 rings (SSSR count). The summed E-state index contributed by atoms with van der Waals surface area (Å²) in [7, 11) is 1.64. The second kappa shape index (κ2) is 8.09. The van der Waals surface area contributed by atoms with E-state index in [1.807, 2.05) is 18.7 Å². The van der Waals surface area contributed by atoms with Gasteiger partial charge in [0, 0.05) is 24.7 Å². The van der Waals surface area contributed by atoms with Gasteiger partial charge in [0.1, 0.15) is 0 Å². The number of methoxy groups -OCH3 is 1. The van der Waals surface area contributed by atoms with Crippen LogP contribution in [0.2, 0.25) is 5.02 Å². The Hall–Kier alpha value is -1.30. The Bertz CT molecular complexity index is 452. The Morgan fingerprint density at radius 1 is 1.50 bits per heavy atom. The van der Waals surface area contributed by atoms with Crippen LogP contribution in [0.3, 0.4) is 0 Å². The lowest BCUT2D eigenvalue weighted by molar-refractivity contribution is -0.117. The van der Waals surface area contributed by atoms with Gasteiger partial charge in [0.05, 0.1) is 24.5 Å². The number of nitrogen functional groups attached to an aromatic ring is 1. The van der Waals surface area contributed by atoms with Crippen molar-refractivity contribution in [3.63, 3.8) is 0 Å². The Labute approximate surface area is 125 Å². The Morgan fingerprint density at radius 3 is 2.80 bits per heavy atom. The number of nitrogens with zero attached hydrogens (tertiary/aromatic N) is 1. The third-order valence-electron chi connectivity index (χ3n) is 2.95. The van der Waals surface area contributed by atoms with Crippen LogP contribution in [0.5, 0.6) is 0 Å². The normalized spacial score (nSPS) is 11.1. The number of nitrogens with two attached hydrogens (primary N) is 1. The Morgan fingerprint density at radius 2 is 2.20 bits per heavy atom. The molecule has 3 N–H and O–H groups in total. The largest absolute Gasteiger partial charge is 0.397 e. The molecule has 20 heavy (non-hydrogen) atoms. The second-order valence-electron chi connectivity index (χ2n) is 4.84. The van der Waals surface area contributed by atoms with E-state index in [0.717, 1.165) is 0 Å². The lowest BCUT2D eigenvalue weighted by Crippen LogP contribution is -2.40. The molecule has 112 valence electrons. The van der Waals surface area contributed by atoms with Crippen molar-refractivity contribution in [1.82, 2.24) is 4.90 Å². The van der Waals surface area contributed by atoms with Crippen LogP contribution in [0.1, 0.15) is 13.8 Å². The standard InChI is InChI=1S/C14H22ClN3O2/c1-10(2)18(6-7-20-3)9-14(19)17-13-8-11(15)4-5-12(13)16/h4-5,8,10H,6-7,9,16H2,1-3H3,(H,17,19). The van der Waals surface area contributed by atoms with Crippen LogP contribution in [-0.4, -0.2) is 43.7 Å². The molecule has 0 atom stereocenters. The van der Waals surface area contributed by atoms with Gasteiger partial charge in [0.2, 0.25) is 5.91 Å². The van der Waals surface area contributed by atoms with Crippen molar-refractivity contribution < 1.29 is 9.53 Å². The highest BCUT2D eigenvalue weighted by Gasteiger charge is 2.14. The summed E-state index contributed by atoms with van der Waals surface area (Å²) in [6.07, 6.45) is 0. The van der Waals surface area contributed by atoms with E-state index in [-0.39, 0.29) is 18.5 Å². The van der Waals surface area contributed by atoms with Gasteiger partial charge in [-0.05, 0) is 32.0 Å². The smallest absolute Gasteiger partial charge is 0.238 e. The zero-order valence-electron chi connectivity index (χ0n) is 12.1. The highest BCUT2D eigenvalue weighted by Crippen LogP contribution is 2.22. The van der Waals surface area contributed by atoms with Crippen molar-refractivity contribution in [2.45, 2.75) is 19.9 Å². The highest BCUT2D eigenvalue weighted by molar-refractivity contribution is 6.31. The fourth-order valence-corrected chi connectivity index (χ4v) is 1.91. The molecule has 0 heterocycles. The van der Waals surface area contributed by atoms with Gasteiger partial charge in [0.15, 0.2) is 0 Å². The summed E-state index contributed by atoms with van der Waals surface area (Å²) in [6, 6.07) is 5.26. The lowest BCUT2D eigenvalue weighted by atomic mass is 10.2. The lowest BCUT2D eigenvalue weighted by Gasteiger charge is -2.25. The summed E-state index contributed by atoms with van der Waals surface area (Å²) < 4.78 is 5.05. The average Bonchev–Trinajstić information content (AvgIpc) is 2.38. The molecule has 1 aromatic carbocycles. The summed E-state index contributed by atoms with van der Waals surface area (Å²) >= 11 is 5.89. The van der Waals surface area contributed by atoms with Crippen molar-refractivity contribution in [3.05, 3.63) is 23.2 Å². The van der Waals surface area contributed by atoms with Gasteiger partial charge < -0.3 is 15.8 Å². The van der Waals surface area contributed by atoms with Crippen LogP contribution >= 0.6 is 11.6 Å². The summed E-state index contributed by atoms with van der Waals surface area (Å²) in [6.45, 7) is 5.65. The van der Waals surface area contributed by atoms with E-state index < -0.39 is 0 Å². The molecular formula is C14H22ClN3O2. The molecule has 1 amide bonds. The van der Waals surface area contributed by atoms with Gasteiger partial charge in [-0.1, -0.05) is 11.6 Å². The molecule has 0 saturated heterocycles. The van der Waals surface area contributed by atoms with E-state index in [9.17, 15) is 4.79 Å². The van der Waals surface area contributed by atoms with Crippen LogP contribution < -0.4 is 11.1 Å². The highest BCUT2D eigenvalue weighted by atomic mass is 35.5. The van der Waals surface area contributed by atoms with E-state index in [1.165, 1.54) is 0 Å². The zero-order valence-corrected chi connectivity index (χ0v) is 12.9. The molecule has 1 aromatic rings. The van der Waals surface area contributed by atoms with Crippen LogP contribution in [0.25, 0.3) is 0 Å². The van der Waals surface area contributed by atoms with Gasteiger partial charge in [-0.2, -0.15) is 0 Å². The predicted octanol–water partition coefficient (Wildman–Crippen LogP) is 2.22. The van der Waals surface area contributed by atoms with Crippen molar-refractivity contribution in [1.29, 1.82) is 0 Å². The topological polar surface area (TPSA) is 67.6 Å². The number of anilines is 2. The maximum Gasteiger partial charge on any atom is 0.238 e. The monoisotopic (exact) mass is 299 g/mol. The molecule has 0 aliphatic rings. The molecule has 0 fully saturated rings. The van der Waals surface area contributed by atoms with Gasteiger partial charge in [-0.15, -0.1) is 0 Å². The molecule has 0 aromatic heterocycles. The molecule has 0 radical (unpaired) electrons. The van der Waals surface area contributed by atoms with Crippen molar-refractivity contribution in [2.75, 3.05) is 37.9 Å². The number of carbonyl (C=O) groups is 1. The van der Waals surface area contributed by atoms with Crippen LogP contribution in [0.15, 0.2) is 18.2 Å². The molecule has 5 nitrogen and oxygen atoms in total. The first kappa shape index (κ1) is 16.8. The summed E-state index contributed by atoms with van der Waals surface area (Å²) in [5, 5.41) is 3.32. The maximum absolute atomic E-state index is 12.1. The first-order valence-electron chi connectivity index (χ1n) is 6.52. The van der Waals surface area contributed by atoms with E-state index in [2.05, 4.69) is 5.32 Å². The van der Waals surface area contributed by atoms with Crippen molar-refractivity contribution in [2.24, 2.45) is 0 Å². The summed E-state index contributed by atoms with van der Waals surface area (Å²) in [5.41, 5.74) is 6.84. The number of nitrogens with one attached hydrogen (secondary N) is 1. The summed E-state index contributed by atoms with van der Waals surface area (Å²) in [4.78, 5) is 14.1. The van der Waals surface area contributed by atoms with Gasteiger partial charge in [-0.25, -0.2) is 0 Å². The Kier molecular flexibility index (Phi) is 6.78. The van der Waals surface area contributed by atoms with Crippen molar-refractivity contribution in [3.8, 4) is 0 Å². The van der Waals surface area contributed by atoms with Crippen LogP contribution in [0, 0.1) is 0 Å². The first-order chi connectivity index (χ1) is 9.43. The van der Waals surface area contributed by atoms with E-state index >= 15 is 0 Å². The fraction of sp³-hybridized carbons (Fsp3) is 0.500. The fourth-order valence-electron chi connectivity index (χ4n) is 1.74. The van der Waals surface area contributed by atoms with E-state index in [1.54, 1.807) is 25.3 Å². The second-order valence-corrected chi connectivity index (χ2v) is 5.27.